The summed E-state index contributed by atoms with van der Waals surface area (Å²) in [5, 5.41) is 35.2. The molecule has 480 valence electrons. The molecule has 17 N–H and O–H groups in total. The van der Waals surface area contributed by atoms with Crippen LogP contribution >= 0.6 is 19.4 Å². The lowest BCUT2D eigenvalue weighted by Crippen LogP contribution is -2.65. The van der Waals surface area contributed by atoms with Crippen molar-refractivity contribution in [2.45, 2.75) is 152 Å². The Kier molecular flexibility index (Phi) is 27.8. The molecule has 4 rings (SSSR count). The number of amides is 12. The molecule has 2 aromatic carbocycles. The van der Waals surface area contributed by atoms with Gasteiger partial charge in [-0.2, -0.15) is 11.8 Å². The van der Waals surface area contributed by atoms with E-state index in [4.69, 9.17) is 11.5 Å². The molecule has 9 atom stereocenters. The number of primary amides is 2. The minimum Gasteiger partial charge on any atom is -0.508 e. The zero-order chi connectivity index (χ0) is 64.9. The number of carbonyl (C=O) groups is 12. The Morgan fingerprint density at radius 2 is 1.28 bits per heavy atom. The van der Waals surface area contributed by atoms with Crippen LogP contribution in [-0.2, 0) is 85.5 Å². The summed E-state index contributed by atoms with van der Waals surface area (Å²) in [6, 6.07) is -1.56. The number of benzene rings is 2. The number of thioether (sulfide) groups is 1. The first-order valence-electron chi connectivity index (χ1n) is 28.1. The van der Waals surface area contributed by atoms with E-state index in [1.54, 1.807) is 34.0 Å². The predicted octanol–water partition coefficient (Wildman–Crippen LogP) is -2.60. The number of carbonyl (C=O) groups excluding carboxylic acids is 12. The number of nitrogens with two attached hydrogens (primary N) is 2. The summed E-state index contributed by atoms with van der Waals surface area (Å²) in [6.07, 6.45) is 1.18. The molecule has 2 aromatic rings. The second-order valence-corrected chi connectivity index (χ2v) is 26.4. The third-order valence-electron chi connectivity index (χ3n) is 14.1. The van der Waals surface area contributed by atoms with E-state index in [1.807, 2.05) is 0 Å². The average Bonchev–Trinajstić information content (AvgIpc) is 1.60. The smallest absolute Gasteiger partial charge is 0.329 e. The first-order valence-corrected chi connectivity index (χ1v) is 32.8. The molecule has 0 bridgehead atoms. The van der Waals surface area contributed by atoms with Crippen LogP contribution in [0.2, 0.25) is 0 Å². The highest BCUT2D eigenvalue weighted by Gasteiger charge is 2.45. The normalized spacial score (nSPS) is 25.2. The van der Waals surface area contributed by atoms with Crippen LogP contribution in [0.5, 0.6) is 5.75 Å². The SMILES string of the molecule is CSCC[C@@H]1NC(=O)CNC(=O)[C@H](C(C)C)NC(=O)[C@H](CC(N)=O)NC(=O)C2(CCCCC2)NC(=O)[C@H](c2ccc(CP(=O)(O)O)cc2)NC(=O)[C@H](CC(C)C)NC(=O)[C@H](C)NC(=O)CS(=O)C[C@H](C(N)=O)NC(=O)[C@H](Cc2ccc(O)cc2)NC1=O. The second-order valence-electron chi connectivity index (χ2n) is 22.3. The Morgan fingerprint density at radius 3 is 1.85 bits per heavy atom. The number of phenols is 1. The van der Waals surface area contributed by atoms with Gasteiger partial charge < -0.3 is 79.5 Å². The molecule has 1 saturated carbocycles. The van der Waals surface area contributed by atoms with E-state index in [0.29, 0.717) is 30.6 Å². The van der Waals surface area contributed by atoms with E-state index in [0.717, 1.165) is 0 Å². The van der Waals surface area contributed by atoms with E-state index in [2.05, 4.69) is 53.2 Å². The van der Waals surface area contributed by atoms with Crippen molar-refractivity contribution in [2.24, 2.45) is 23.3 Å². The van der Waals surface area contributed by atoms with Gasteiger partial charge in [0.1, 0.15) is 65.4 Å². The zero-order valence-electron chi connectivity index (χ0n) is 49.3. The largest absolute Gasteiger partial charge is 0.508 e. The fourth-order valence-corrected chi connectivity index (χ4v) is 11.8. The van der Waals surface area contributed by atoms with E-state index < -0.39 is 180 Å². The minimum atomic E-state index is -4.58. The Labute approximate surface area is 510 Å². The lowest BCUT2D eigenvalue weighted by molar-refractivity contribution is -0.140. The molecule has 1 spiro atoms. The minimum absolute atomic E-state index is 0.0139. The molecule has 2 aliphatic rings. The van der Waals surface area contributed by atoms with Gasteiger partial charge in [0.2, 0.25) is 70.9 Å². The average molecular weight is 1280 g/mol. The highest BCUT2D eigenvalue weighted by Crippen LogP contribution is 2.39. The van der Waals surface area contributed by atoms with Gasteiger partial charge in [0.25, 0.3) is 0 Å². The highest BCUT2D eigenvalue weighted by atomic mass is 32.2. The van der Waals surface area contributed by atoms with Gasteiger partial charge in [-0.15, -0.1) is 0 Å². The molecule has 1 aliphatic heterocycles. The third-order valence-corrected chi connectivity index (χ3v) is 16.8. The van der Waals surface area contributed by atoms with E-state index in [1.165, 1.54) is 67.2 Å². The Hall–Kier alpha value is -7.47. The van der Waals surface area contributed by atoms with Gasteiger partial charge in [0, 0.05) is 17.2 Å². The van der Waals surface area contributed by atoms with E-state index in [9.17, 15) is 81.2 Å². The summed E-state index contributed by atoms with van der Waals surface area (Å²) in [5.41, 5.74) is 10.0. The van der Waals surface area contributed by atoms with Crippen LogP contribution in [0.4, 0.5) is 0 Å². The van der Waals surface area contributed by atoms with Gasteiger partial charge in [-0.25, -0.2) is 0 Å². The van der Waals surface area contributed by atoms with Crippen molar-refractivity contribution in [2.75, 3.05) is 30.1 Å². The van der Waals surface area contributed by atoms with Crippen LogP contribution < -0.4 is 64.6 Å². The fraction of sp³-hybridized carbons (Fsp3) is 0.564. The van der Waals surface area contributed by atoms with Gasteiger partial charge in [-0.05, 0) is 85.3 Å². The fourth-order valence-electron chi connectivity index (χ4n) is 9.55. The van der Waals surface area contributed by atoms with Gasteiger partial charge in [-0.3, -0.25) is 66.3 Å². The van der Waals surface area contributed by atoms with Crippen LogP contribution in [0, 0.1) is 11.8 Å². The molecule has 1 saturated heterocycles. The monoisotopic (exact) mass is 1280 g/mol. The molecule has 1 unspecified atom stereocenters. The maximum atomic E-state index is 14.9. The highest BCUT2D eigenvalue weighted by molar-refractivity contribution is 7.98. The van der Waals surface area contributed by atoms with Crippen LogP contribution in [-0.4, -0.2) is 168 Å². The molecule has 32 heteroatoms. The van der Waals surface area contributed by atoms with E-state index in [-0.39, 0.29) is 54.9 Å². The van der Waals surface area contributed by atoms with Crippen LogP contribution in [0.15, 0.2) is 48.5 Å². The van der Waals surface area contributed by atoms with Gasteiger partial charge >= 0.3 is 7.60 Å². The first kappa shape index (κ1) is 72.0. The van der Waals surface area contributed by atoms with Crippen LogP contribution in [0.1, 0.15) is 109 Å². The number of aromatic hydroxyl groups is 1. The molecule has 12 amide bonds. The number of nitrogens with one attached hydrogen (secondary N) is 10. The maximum absolute atomic E-state index is 14.9. The third kappa shape index (κ3) is 23.6. The standard InChI is InChI=1S/C55H81N12O17PS2/c1-29(2)22-37-50(76)66-45(34-14-10-33(11-15-34)26-85(81,82)83)53(79)67-55(19-8-7-9-20-55)54(80)64-39(24-41(56)69)51(77)65-44(30(3)4)52(78)58-25-42(70)60-36(18-21-86-6)48(74)62-38(23-32-12-16-35(68)17-13-32)49(75)63-40(46(57)72)27-87(84)28-43(71)59-31(5)47(73)61-37/h10-17,29-31,36-40,44-45,68H,7-9,18-28H2,1-6H3,(H2,56,69)(H2,57,72)(H,58,78)(H,59,71)(H,60,70)(H,61,73)(H,62,74)(H,63,75)(H,64,80)(H,65,77)(H,66,76)(H,67,79)(H2,81,82,83)/t31-,36-,37-,38-,39-,40+,44-,45-,87?/m0/s1. The molecule has 0 radical (unpaired) electrons. The quantitative estimate of drug-likeness (QED) is 0.0862. The lowest BCUT2D eigenvalue weighted by Gasteiger charge is -2.39. The summed E-state index contributed by atoms with van der Waals surface area (Å²) < 4.78 is 25.4. The molecule has 29 nitrogen and oxygen atoms in total. The molecular formula is C55H81N12O17PS2. The Bertz CT molecular complexity index is 2910. The molecule has 1 aliphatic carbocycles. The zero-order valence-corrected chi connectivity index (χ0v) is 51.8. The molecule has 87 heavy (non-hydrogen) atoms. The second kappa shape index (κ2) is 33.6. The van der Waals surface area contributed by atoms with Crippen molar-refractivity contribution >= 4 is 101 Å². The van der Waals surface area contributed by atoms with Crippen molar-refractivity contribution in [1.82, 2.24) is 53.2 Å². The topological polar surface area (TPSA) is 472 Å². The lowest BCUT2D eigenvalue weighted by atomic mass is 9.80. The van der Waals surface area contributed by atoms with Crippen molar-refractivity contribution in [3.05, 3.63) is 65.2 Å². The number of hydrogen-bond donors (Lipinski definition) is 15. The van der Waals surface area contributed by atoms with Gasteiger partial charge in [0.15, 0.2) is 0 Å². The summed E-state index contributed by atoms with van der Waals surface area (Å²) in [7, 11) is -6.86. The summed E-state index contributed by atoms with van der Waals surface area (Å²) >= 11 is 1.31. The van der Waals surface area contributed by atoms with Gasteiger partial charge in [0.05, 0.1) is 24.9 Å². The Balaban J connectivity index is 1.80. The maximum Gasteiger partial charge on any atom is 0.329 e. The van der Waals surface area contributed by atoms with Crippen molar-refractivity contribution in [1.29, 1.82) is 0 Å². The molecule has 2 fully saturated rings. The van der Waals surface area contributed by atoms with Crippen molar-refractivity contribution < 1.29 is 81.2 Å². The summed E-state index contributed by atoms with van der Waals surface area (Å²) in [6.45, 7) is 7.03. The number of phenolic OH excluding ortho intramolecular Hbond substituents is 1. The number of hydrogen-bond acceptors (Lipinski definition) is 16. The van der Waals surface area contributed by atoms with Crippen molar-refractivity contribution in [3.8, 4) is 5.75 Å². The van der Waals surface area contributed by atoms with Crippen LogP contribution in [0.3, 0.4) is 0 Å². The van der Waals surface area contributed by atoms with Crippen molar-refractivity contribution in [3.63, 3.8) is 0 Å². The molecular weight excluding hydrogens is 1200 g/mol. The van der Waals surface area contributed by atoms with Crippen LogP contribution in [0.25, 0.3) is 0 Å². The molecule has 1 heterocycles. The summed E-state index contributed by atoms with van der Waals surface area (Å²) in [5.74, 6) is -14.2. The summed E-state index contributed by atoms with van der Waals surface area (Å²) in [4.78, 5) is 186. The van der Waals surface area contributed by atoms with E-state index >= 15 is 0 Å². The van der Waals surface area contributed by atoms with Gasteiger partial charge in [-0.1, -0.05) is 83.4 Å². The first-order chi connectivity index (χ1) is 40.8. The molecule has 0 aromatic heterocycles. The number of rotatable bonds is 14. The predicted molar refractivity (Wildman–Crippen MR) is 319 cm³/mol. The Morgan fingerprint density at radius 1 is 0.690 bits per heavy atom.